The van der Waals surface area contributed by atoms with Crippen molar-refractivity contribution in [1.82, 2.24) is 0 Å². The third-order valence-electron chi connectivity index (χ3n) is 3.57. The maximum atomic E-state index is 12.7. The van der Waals surface area contributed by atoms with E-state index in [0.717, 1.165) is 6.07 Å². The first-order chi connectivity index (χ1) is 8.75. The van der Waals surface area contributed by atoms with Gasteiger partial charge in [0, 0.05) is 17.2 Å². The lowest BCUT2D eigenvalue weighted by molar-refractivity contribution is -0.137. The lowest BCUT2D eigenvalue weighted by Crippen LogP contribution is -2.34. The highest BCUT2D eigenvalue weighted by Crippen LogP contribution is 2.36. The van der Waals surface area contributed by atoms with Crippen LogP contribution in [0.2, 0.25) is 0 Å². The summed E-state index contributed by atoms with van der Waals surface area (Å²) in [4.78, 5) is 0. The van der Waals surface area contributed by atoms with E-state index < -0.39 is 11.7 Å². The van der Waals surface area contributed by atoms with Gasteiger partial charge in [0.1, 0.15) is 0 Å². The summed E-state index contributed by atoms with van der Waals surface area (Å²) in [5, 5.41) is 0. The summed E-state index contributed by atoms with van der Waals surface area (Å²) in [6.45, 7) is 3.97. The van der Waals surface area contributed by atoms with Gasteiger partial charge in [-0.05, 0) is 24.0 Å². The van der Waals surface area contributed by atoms with Crippen LogP contribution in [0.25, 0.3) is 0 Å². The molecular weight excluding hydrogens is 296 g/mol. The van der Waals surface area contributed by atoms with Crippen molar-refractivity contribution in [2.75, 3.05) is 11.8 Å². The van der Waals surface area contributed by atoms with E-state index in [4.69, 9.17) is 23.2 Å². The molecule has 1 rings (SSSR count). The fraction of sp³-hybridized carbons (Fsp3) is 0.571. The first-order valence-electron chi connectivity index (χ1n) is 6.03. The summed E-state index contributed by atoms with van der Waals surface area (Å²) < 4.78 is 38.0. The Kier molecular flexibility index (Phi) is 5.57. The van der Waals surface area contributed by atoms with Crippen molar-refractivity contribution in [2.45, 2.75) is 26.4 Å². The molecule has 0 aliphatic carbocycles. The summed E-state index contributed by atoms with van der Waals surface area (Å²) in [5.74, 6) is 0.839. The molecule has 0 amide bonds. The van der Waals surface area contributed by atoms with Crippen LogP contribution >= 0.6 is 23.2 Å². The van der Waals surface area contributed by atoms with E-state index >= 15 is 0 Å². The molecule has 0 unspecified atom stereocenters. The molecule has 0 N–H and O–H groups in total. The molecule has 0 aliphatic rings. The van der Waals surface area contributed by atoms with Crippen LogP contribution < -0.4 is 0 Å². The predicted molar refractivity (Wildman–Crippen MR) is 73.9 cm³/mol. The van der Waals surface area contributed by atoms with Gasteiger partial charge in [0.15, 0.2) is 0 Å². The van der Waals surface area contributed by atoms with Crippen LogP contribution in [0.4, 0.5) is 13.2 Å². The van der Waals surface area contributed by atoms with Gasteiger partial charge in [0.2, 0.25) is 0 Å². The molecule has 0 aliphatic heterocycles. The van der Waals surface area contributed by atoms with Gasteiger partial charge in [-0.3, -0.25) is 0 Å². The van der Waals surface area contributed by atoms with E-state index in [1.165, 1.54) is 12.1 Å². The lowest BCUT2D eigenvalue weighted by atomic mass is 9.75. The Morgan fingerprint density at radius 1 is 1.11 bits per heavy atom. The van der Waals surface area contributed by atoms with Crippen LogP contribution in [0, 0.1) is 11.3 Å². The molecule has 0 saturated heterocycles. The maximum Gasteiger partial charge on any atom is 0.416 e. The quantitative estimate of drug-likeness (QED) is 0.641. The van der Waals surface area contributed by atoms with E-state index in [1.807, 2.05) is 13.8 Å². The SMILES string of the molecule is CC(C)C(CCl)(CCl)Cc1cccc(C(F)(F)F)c1. The highest BCUT2D eigenvalue weighted by Gasteiger charge is 2.34. The first kappa shape index (κ1) is 16.6. The maximum absolute atomic E-state index is 12.7. The molecule has 1 aromatic rings. The zero-order valence-corrected chi connectivity index (χ0v) is 12.4. The largest absolute Gasteiger partial charge is 0.416 e. The van der Waals surface area contributed by atoms with Crippen LogP contribution in [-0.2, 0) is 12.6 Å². The molecular formula is C14H17Cl2F3. The highest BCUT2D eigenvalue weighted by atomic mass is 35.5. The minimum Gasteiger partial charge on any atom is -0.166 e. The molecule has 0 heterocycles. The zero-order chi connectivity index (χ0) is 14.7. The molecule has 0 atom stereocenters. The topological polar surface area (TPSA) is 0 Å². The Morgan fingerprint density at radius 3 is 2.11 bits per heavy atom. The third kappa shape index (κ3) is 4.03. The van der Waals surface area contributed by atoms with Gasteiger partial charge in [-0.15, -0.1) is 23.2 Å². The smallest absolute Gasteiger partial charge is 0.166 e. The normalized spacial score (nSPS) is 13.1. The lowest BCUT2D eigenvalue weighted by Gasteiger charge is -2.34. The first-order valence-corrected chi connectivity index (χ1v) is 7.10. The molecule has 0 fully saturated rings. The molecule has 5 heteroatoms. The summed E-state index contributed by atoms with van der Waals surface area (Å²) in [5.41, 5.74) is -0.399. The van der Waals surface area contributed by atoms with Crippen molar-refractivity contribution >= 4 is 23.2 Å². The van der Waals surface area contributed by atoms with E-state index in [-0.39, 0.29) is 11.3 Å². The fourth-order valence-corrected chi connectivity index (χ4v) is 3.00. The Morgan fingerprint density at radius 2 is 1.68 bits per heavy atom. The second-order valence-corrected chi connectivity index (χ2v) is 5.69. The minimum absolute atomic E-state index is 0.192. The Hall–Kier alpha value is -0.410. The number of alkyl halides is 5. The molecule has 108 valence electrons. The Bertz CT molecular complexity index is 409. The molecule has 0 spiro atoms. The summed E-state index contributed by atoms with van der Waals surface area (Å²) in [6.07, 6.45) is -3.87. The van der Waals surface area contributed by atoms with Crippen LogP contribution in [0.1, 0.15) is 25.0 Å². The van der Waals surface area contributed by atoms with Gasteiger partial charge in [-0.1, -0.05) is 32.0 Å². The highest BCUT2D eigenvalue weighted by molar-refractivity contribution is 6.21. The summed E-state index contributed by atoms with van der Waals surface area (Å²) in [6, 6.07) is 5.36. The van der Waals surface area contributed by atoms with Gasteiger partial charge in [0.25, 0.3) is 0 Å². The van der Waals surface area contributed by atoms with Gasteiger partial charge in [-0.2, -0.15) is 13.2 Å². The number of halogens is 5. The standard InChI is InChI=1S/C14H17Cl2F3/c1-10(2)13(8-15,9-16)7-11-4-3-5-12(6-11)14(17,18)19/h3-6,10H,7-9H2,1-2H3. The van der Waals surface area contributed by atoms with Gasteiger partial charge in [0.05, 0.1) is 5.56 Å². The molecule has 0 aromatic heterocycles. The number of hydrogen-bond donors (Lipinski definition) is 0. The van der Waals surface area contributed by atoms with Gasteiger partial charge in [-0.25, -0.2) is 0 Å². The summed E-state index contributed by atoms with van der Waals surface area (Å²) >= 11 is 12.0. The number of rotatable bonds is 5. The van der Waals surface area contributed by atoms with E-state index in [2.05, 4.69) is 0 Å². The molecule has 0 nitrogen and oxygen atoms in total. The number of benzene rings is 1. The van der Waals surface area contributed by atoms with Crippen molar-refractivity contribution < 1.29 is 13.2 Å². The molecule has 0 radical (unpaired) electrons. The van der Waals surface area contributed by atoms with Crippen LogP contribution in [0.3, 0.4) is 0 Å². The Labute approximate surface area is 121 Å². The average molecular weight is 313 g/mol. The second kappa shape index (κ2) is 6.36. The molecule has 0 bridgehead atoms. The molecule has 1 aromatic carbocycles. The Balaban J connectivity index is 3.05. The third-order valence-corrected chi connectivity index (χ3v) is 4.63. The van der Waals surface area contributed by atoms with E-state index in [0.29, 0.717) is 23.7 Å². The van der Waals surface area contributed by atoms with Crippen molar-refractivity contribution in [2.24, 2.45) is 11.3 Å². The van der Waals surface area contributed by atoms with Gasteiger partial charge >= 0.3 is 6.18 Å². The monoisotopic (exact) mass is 312 g/mol. The van der Waals surface area contributed by atoms with Crippen LogP contribution in [0.5, 0.6) is 0 Å². The molecule has 19 heavy (non-hydrogen) atoms. The minimum atomic E-state index is -4.32. The second-order valence-electron chi connectivity index (χ2n) is 5.16. The molecule has 0 saturated carbocycles. The number of hydrogen-bond acceptors (Lipinski definition) is 0. The fourth-order valence-electron chi connectivity index (χ4n) is 1.91. The van der Waals surface area contributed by atoms with Crippen molar-refractivity contribution in [1.29, 1.82) is 0 Å². The van der Waals surface area contributed by atoms with Crippen molar-refractivity contribution in [3.8, 4) is 0 Å². The zero-order valence-electron chi connectivity index (χ0n) is 10.9. The van der Waals surface area contributed by atoms with Crippen molar-refractivity contribution in [3.05, 3.63) is 35.4 Å². The van der Waals surface area contributed by atoms with Gasteiger partial charge < -0.3 is 0 Å². The van der Waals surface area contributed by atoms with Crippen molar-refractivity contribution in [3.63, 3.8) is 0 Å². The summed E-state index contributed by atoms with van der Waals surface area (Å²) in [7, 11) is 0. The average Bonchev–Trinajstić information content (AvgIpc) is 2.35. The van der Waals surface area contributed by atoms with Crippen LogP contribution in [0.15, 0.2) is 24.3 Å². The van der Waals surface area contributed by atoms with Crippen LogP contribution in [-0.4, -0.2) is 11.8 Å². The van der Waals surface area contributed by atoms with E-state index in [1.54, 1.807) is 6.07 Å². The predicted octanol–water partition coefficient (Wildman–Crippen LogP) is 5.37. The van der Waals surface area contributed by atoms with E-state index in [9.17, 15) is 13.2 Å².